The van der Waals surface area contributed by atoms with Gasteiger partial charge < -0.3 is 0 Å². The maximum atomic E-state index is 11.5. The number of rotatable bonds is 3. The third kappa shape index (κ3) is 3.84. The van der Waals surface area contributed by atoms with E-state index in [1.165, 1.54) is 11.1 Å². The van der Waals surface area contributed by atoms with Gasteiger partial charge in [-0.1, -0.05) is 0 Å². The van der Waals surface area contributed by atoms with Crippen LogP contribution in [0.3, 0.4) is 0 Å². The van der Waals surface area contributed by atoms with Gasteiger partial charge in [-0.2, -0.15) is 0 Å². The van der Waals surface area contributed by atoms with Gasteiger partial charge in [-0.05, 0) is 0 Å². The quantitative estimate of drug-likeness (QED) is 0.845. The van der Waals surface area contributed by atoms with Gasteiger partial charge in [0.2, 0.25) is 0 Å². The molecule has 1 aromatic rings. The molecule has 1 aliphatic rings. The molecule has 0 aliphatic carbocycles. The van der Waals surface area contributed by atoms with Crippen molar-refractivity contribution >= 4 is 26.0 Å². The Balaban J connectivity index is 1.92. The molecule has 1 aliphatic heterocycles. The number of nitrogens with two attached hydrogens (primary N) is 1. The van der Waals surface area contributed by atoms with E-state index in [0.717, 1.165) is 30.6 Å². The van der Waals surface area contributed by atoms with Crippen molar-refractivity contribution in [3.63, 3.8) is 0 Å². The topological polar surface area (TPSA) is 46.3 Å². The van der Waals surface area contributed by atoms with Gasteiger partial charge in [0, 0.05) is 0 Å². The van der Waals surface area contributed by atoms with Crippen LogP contribution in [-0.2, 0) is 4.79 Å². The zero-order chi connectivity index (χ0) is 13.8. The van der Waals surface area contributed by atoms with Crippen LogP contribution >= 0.6 is 0 Å². The van der Waals surface area contributed by atoms with Gasteiger partial charge in [-0.3, -0.25) is 0 Å². The standard InChI is InChI=1S/C15H22AsN2O/c1-11-3-4-12(2)14(9-11)16-13-5-7-18(8-6-13)15(19)10-17/h3-4,9,13H,5-8,10,17H2,1-2H3. The minimum atomic E-state index is 0.0986. The fraction of sp³-hybridized carbons (Fsp3) is 0.533. The van der Waals surface area contributed by atoms with Crippen LogP contribution in [0.1, 0.15) is 24.0 Å². The van der Waals surface area contributed by atoms with Crippen LogP contribution < -0.4 is 10.1 Å². The molecule has 1 aromatic carbocycles. The molecule has 0 spiro atoms. The predicted octanol–water partition coefficient (Wildman–Crippen LogP) is 1.00. The average Bonchev–Trinajstić information content (AvgIpc) is 2.43. The van der Waals surface area contributed by atoms with E-state index in [1.807, 2.05) is 4.90 Å². The molecule has 0 aromatic heterocycles. The van der Waals surface area contributed by atoms with Gasteiger partial charge >= 0.3 is 122 Å². The fourth-order valence-corrected chi connectivity index (χ4v) is 5.45. The second-order valence-electron chi connectivity index (χ2n) is 5.24. The Morgan fingerprint density at radius 2 is 2.05 bits per heavy atom. The molecule has 1 saturated heterocycles. The molecule has 0 atom stereocenters. The molecule has 1 heterocycles. The Hall–Kier alpha value is -0.792. The summed E-state index contributed by atoms with van der Waals surface area (Å²) in [6.45, 7) is 6.29. The molecule has 2 rings (SSSR count). The SMILES string of the molecule is Cc1ccc(C)c([As]C2CCN(C(=O)CN)CC2)c1. The van der Waals surface area contributed by atoms with Crippen molar-refractivity contribution in [3.8, 4) is 0 Å². The van der Waals surface area contributed by atoms with Gasteiger partial charge in [0.25, 0.3) is 0 Å². The number of carbonyl (C=O) groups is 1. The average molecular weight is 321 g/mol. The molecule has 19 heavy (non-hydrogen) atoms. The molecular weight excluding hydrogens is 299 g/mol. The minimum absolute atomic E-state index is 0.0986. The van der Waals surface area contributed by atoms with E-state index >= 15 is 0 Å². The Bertz CT molecular complexity index is 453. The van der Waals surface area contributed by atoms with Crippen LogP contribution in [0.4, 0.5) is 0 Å². The molecule has 103 valence electrons. The molecule has 0 saturated carbocycles. The normalized spacial score (nSPS) is 17.3. The first-order chi connectivity index (χ1) is 9.10. The maximum absolute atomic E-state index is 11.5. The predicted molar refractivity (Wildman–Crippen MR) is 79.9 cm³/mol. The van der Waals surface area contributed by atoms with Crippen LogP contribution in [0.15, 0.2) is 18.2 Å². The summed E-state index contributed by atoms with van der Waals surface area (Å²) >= 11 is 0.214. The number of amides is 1. The van der Waals surface area contributed by atoms with E-state index in [4.69, 9.17) is 5.73 Å². The number of hydrogen-bond acceptors (Lipinski definition) is 2. The van der Waals surface area contributed by atoms with E-state index in [9.17, 15) is 4.79 Å². The van der Waals surface area contributed by atoms with Crippen molar-refractivity contribution in [2.45, 2.75) is 31.4 Å². The van der Waals surface area contributed by atoms with Crippen LogP contribution in [0.2, 0.25) is 4.71 Å². The van der Waals surface area contributed by atoms with E-state index in [2.05, 4.69) is 32.0 Å². The number of likely N-dealkylation sites (tertiary alicyclic amines) is 1. The first kappa shape index (κ1) is 14.6. The summed E-state index contributed by atoms with van der Waals surface area (Å²) in [5, 5.41) is 0. The number of carbonyl (C=O) groups excluding carboxylic acids is 1. The third-order valence-corrected chi connectivity index (χ3v) is 7.12. The summed E-state index contributed by atoms with van der Waals surface area (Å²) in [4.78, 5) is 13.5. The van der Waals surface area contributed by atoms with Gasteiger partial charge in [0.05, 0.1) is 0 Å². The Morgan fingerprint density at radius 3 is 2.68 bits per heavy atom. The van der Waals surface area contributed by atoms with Crippen LogP contribution in [0.5, 0.6) is 0 Å². The monoisotopic (exact) mass is 321 g/mol. The van der Waals surface area contributed by atoms with Crippen molar-refractivity contribution in [1.29, 1.82) is 0 Å². The first-order valence-electron chi connectivity index (χ1n) is 6.86. The molecule has 4 heteroatoms. The summed E-state index contributed by atoms with van der Waals surface area (Å²) in [6.07, 6.45) is 2.28. The van der Waals surface area contributed by atoms with Gasteiger partial charge in [0.15, 0.2) is 0 Å². The Kier molecular flexibility index (Phi) is 5.06. The van der Waals surface area contributed by atoms with E-state index in [0.29, 0.717) is 0 Å². The first-order valence-corrected chi connectivity index (χ1v) is 8.88. The second kappa shape index (κ2) is 6.58. The summed E-state index contributed by atoms with van der Waals surface area (Å²) in [5.41, 5.74) is 8.19. The van der Waals surface area contributed by atoms with Crippen molar-refractivity contribution < 1.29 is 4.79 Å². The van der Waals surface area contributed by atoms with Crippen molar-refractivity contribution in [3.05, 3.63) is 29.3 Å². The summed E-state index contributed by atoms with van der Waals surface area (Å²) < 4.78 is 2.35. The van der Waals surface area contributed by atoms with Crippen LogP contribution in [0.25, 0.3) is 0 Å². The molecule has 2 N–H and O–H groups in total. The molecule has 0 bridgehead atoms. The van der Waals surface area contributed by atoms with Crippen LogP contribution in [-0.4, -0.2) is 46.2 Å². The molecular formula is C15H22AsN2O. The zero-order valence-corrected chi connectivity index (χ0v) is 13.6. The fourth-order valence-electron chi connectivity index (χ4n) is 2.43. The van der Waals surface area contributed by atoms with Crippen molar-refractivity contribution in [1.82, 2.24) is 4.90 Å². The van der Waals surface area contributed by atoms with Gasteiger partial charge in [-0.25, -0.2) is 0 Å². The number of aryl methyl sites for hydroxylation is 2. The number of piperidine rings is 1. The van der Waals surface area contributed by atoms with E-state index < -0.39 is 0 Å². The van der Waals surface area contributed by atoms with E-state index in [1.54, 1.807) is 4.35 Å². The third-order valence-electron chi connectivity index (χ3n) is 3.68. The second-order valence-corrected chi connectivity index (χ2v) is 8.32. The molecule has 1 fully saturated rings. The Morgan fingerprint density at radius 1 is 1.37 bits per heavy atom. The Labute approximate surface area is 122 Å². The number of nitrogens with zero attached hydrogens (tertiary/aromatic N) is 1. The number of hydrogen-bond donors (Lipinski definition) is 1. The van der Waals surface area contributed by atoms with Crippen LogP contribution in [0, 0.1) is 13.8 Å². The molecule has 0 unspecified atom stereocenters. The summed E-state index contributed by atoms with van der Waals surface area (Å²) in [7, 11) is 0. The zero-order valence-electron chi connectivity index (χ0n) is 11.7. The van der Waals surface area contributed by atoms with Crippen molar-refractivity contribution in [2.75, 3.05) is 19.6 Å². The number of benzene rings is 1. The molecule has 1 amide bonds. The molecule has 1 radical (unpaired) electrons. The molecule has 3 nitrogen and oxygen atoms in total. The summed E-state index contributed by atoms with van der Waals surface area (Å²) in [6, 6.07) is 6.75. The van der Waals surface area contributed by atoms with Crippen molar-refractivity contribution in [2.24, 2.45) is 5.73 Å². The van der Waals surface area contributed by atoms with Gasteiger partial charge in [0.1, 0.15) is 0 Å². The van der Waals surface area contributed by atoms with Gasteiger partial charge in [-0.15, -0.1) is 0 Å². The summed E-state index contributed by atoms with van der Waals surface area (Å²) in [5.74, 6) is 0.0986. The van der Waals surface area contributed by atoms with E-state index in [-0.39, 0.29) is 28.2 Å².